The van der Waals surface area contributed by atoms with Crippen LogP contribution in [-0.4, -0.2) is 22.1 Å². The summed E-state index contributed by atoms with van der Waals surface area (Å²) >= 11 is 0. The summed E-state index contributed by atoms with van der Waals surface area (Å²) in [4.78, 5) is 29.3. The van der Waals surface area contributed by atoms with Crippen LogP contribution < -0.4 is 5.43 Å². The van der Waals surface area contributed by atoms with Crippen LogP contribution in [0.2, 0.25) is 0 Å². The highest BCUT2D eigenvalue weighted by Gasteiger charge is 2.16. The summed E-state index contributed by atoms with van der Waals surface area (Å²) < 4.78 is 6.93. The standard InChI is InChI=1S/C21H22N2O3/c1-5-23-12-18(21(25)26-6-2)20(24)17-8-7-15(11-19(17)23)16-9-13(3)22-14(4)10-16/h7-12H,5-6H2,1-4H3. The molecular formula is C21H22N2O3. The van der Waals surface area contributed by atoms with Crippen LogP contribution in [-0.2, 0) is 11.3 Å². The molecule has 0 unspecified atom stereocenters. The third kappa shape index (κ3) is 3.25. The lowest BCUT2D eigenvalue weighted by Gasteiger charge is -2.13. The maximum absolute atomic E-state index is 12.7. The number of pyridine rings is 2. The van der Waals surface area contributed by atoms with Gasteiger partial charge in [0, 0.05) is 29.5 Å². The molecule has 0 N–H and O–H groups in total. The number of benzene rings is 1. The molecule has 0 radical (unpaired) electrons. The molecule has 0 aliphatic carbocycles. The van der Waals surface area contributed by atoms with E-state index in [1.807, 2.05) is 49.6 Å². The second kappa shape index (κ2) is 7.12. The van der Waals surface area contributed by atoms with Gasteiger partial charge in [-0.3, -0.25) is 9.78 Å². The van der Waals surface area contributed by atoms with Gasteiger partial charge in [-0.05, 0) is 63.1 Å². The summed E-state index contributed by atoms with van der Waals surface area (Å²) in [5.41, 5.74) is 4.55. The predicted molar refractivity (Wildman–Crippen MR) is 103 cm³/mol. The molecule has 0 aliphatic heterocycles. The van der Waals surface area contributed by atoms with Crippen LogP contribution in [0.5, 0.6) is 0 Å². The van der Waals surface area contributed by atoms with Crippen molar-refractivity contribution in [2.45, 2.75) is 34.2 Å². The molecule has 3 rings (SSSR count). The molecule has 134 valence electrons. The van der Waals surface area contributed by atoms with E-state index in [2.05, 4.69) is 4.98 Å². The Morgan fingerprint density at radius 3 is 2.38 bits per heavy atom. The number of carbonyl (C=O) groups excluding carboxylic acids is 1. The zero-order chi connectivity index (χ0) is 18.8. The fourth-order valence-corrected chi connectivity index (χ4v) is 3.19. The number of nitrogens with zero attached hydrogens (tertiary/aromatic N) is 2. The zero-order valence-corrected chi connectivity index (χ0v) is 15.5. The summed E-state index contributed by atoms with van der Waals surface area (Å²) in [7, 11) is 0. The Balaban J connectivity index is 2.23. The minimum absolute atomic E-state index is 0.0737. The third-order valence-electron chi connectivity index (χ3n) is 4.33. The first-order valence-corrected chi connectivity index (χ1v) is 8.74. The maximum atomic E-state index is 12.7. The van der Waals surface area contributed by atoms with E-state index in [1.165, 1.54) is 0 Å². The van der Waals surface area contributed by atoms with Crippen molar-refractivity contribution in [3.05, 3.63) is 63.7 Å². The minimum Gasteiger partial charge on any atom is -0.462 e. The number of hydrogen-bond donors (Lipinski definition) is 0. The van der Waals surface area contributed by atoms with Crippen molar-refractivity contribution in [1.29, 1.82) is 0 Å². The lowest BCUT2D eigenvalue weighted by Crippen LogP contribution is -2.20. The molecule has 5 heteroatoms. The van der Waals surface area contributed by atoms with Gasteiger partial charge in [0.15, 0.2) is 0 Å². The van der Waals surface area contributed by atoms with E-state index in [-0.39, 0.29) is 17.6 Å². The van der Waals surface area contributed by atoms with Crippen LogP contribution in [0.15, 0.2) is 41.3 Å². The monoisotopic (exact) mass is 350 g/mol. The Kier molecular flexibility index (Phi) is 4.89. The van der Waals surface area contributed by atoms with Gasteiger partial charge >= 0.3 is 5.97 Å². The van der Waals surface area contributed by atoms with Crippen molar-refractivity contribution in [3.63, 3.8) is 0 Å². The summed E-state index contributed by atoms with van der Waals surface area (Å²) in [6, 6.07) is 9.73. The molecule has 2 aromatic heterocycles. The zero-order valence-electron chi connectivity index (χ0n) is 15.5. The molecule has 0 bridgehead atoms. The topological polar surface area (TPSA) is 61.2 Å². The Bertz CT molecular complexity index is 1030. The Labute approximate surface area is 152 Å². The molecule has 0 saturated carbocycles. The van der Waals surface area contributed by atoms with Gasteiger partial charge in [0.25, 0.3) is 0 Å². The second-order valence-electron chi connectivity index (χ2n) is 6.25. The molecule has 1 aromatic carbocycles. The number of fused-ring (bicyclic) bond motifs is 1. The lowest BCUT2D eigenvalue weighted by atomic mass is 10.0. The van der Waals surface area contributed by atoms with Crippen LogP contribution >= 0.6 is 0 Å². The largest absolute Gasteiger partial charge is 0.462 e. The molecule has 2 heterocycles. The van der Waals surface area contributed by atoms with E-state index in [0.29, 0.717) is 11.9 Å². The van der Waals surface area contributed by atoms with Crippen molar-refractivity contribution >= 4 is 16.9 Å². The second-order valence-corrected chi connectivity index (χ2v) is 6.25. The van der Waals surface area contributed by atoms with E-state index in [0.717, 1.165) is 28.0 Å². The van der Waals surface area contributed by atoms with E-state index in [1.54, 1.807) is 19.2 Å². The molecule has 0 atom stereocenters. The van der Waals surface area contributed by atoms with Crippen molar-refractivity contribution in [2.24, 2.45) is 0 Å². The highest BCUT2D eigenvalue weighted by atomic mass is 16.5. The summed E-state index contributed by atoms with van der Waals surface area (Å²) in [6.07, 6.45) is 1.59. The molecule has 3 aromatic rings. The van der Waals surface area contributed by atoms with Gasteiger partial charge in [0.05, 0.1) is 12.1 Å². The minimum atomic E-state index is -0.578. The van der Waals surface area contributed by atoms with Gasteiger partial charge in [0.2, 0.25) is 5.43 Å². The summed E-state index contributed by atoms with van der Waals surface area (Å²) in [5.74, 6) is -0.578. The first-order valence-electron chi connectivity index (χ1n) is 8.74. The molecule has 0 fully saturated rings. The van der Waals surface area contributed by atoms with Crippen LogP contribution in [0, 0.1) is 13.8 Å². The third-order valence-corrected chi connectivity index (χ3v) is 4.33. The molecule has 26 heavy (non-hydrogen) atoms. The normalized spacial score (nSPS) is 10.9. The van der Waals surface area contributed by atoms with E-state index in [4.69, 9.17) is 4.74 Å². The van der Waals surface area contributed by atoms with Gasteiger partial charge in [-0.2, -0.15) is 0 Å². The fourth-order valence-electron chi connectivity index (χ4n) is 3.19. The molecule has 0 aliphatic rings. The smallest absolute Gasteiger partial charge is 0.343 e. The first-order chi connectivity index (χ1) is 12.4. The average molecular weight is 350 g/mol. The van der Waals surface area contributed by atoms with Gasteiger partial charge < -0.3 is 9.30 Å². The SMILES string of the molecule is CCOC(=O)c1cn(CC)c2cc(-c3cc(C)nc(C)c3)ccc2c1=O. The maximum Gasteiger partial charge on any atom is 0.343 e. The molecule has 0 spiro atoms. The molecule has 0 saturated heterocycles. The summed E-state index contributed by atoms with van der Waals surface area (Å²) in [5, 5.41) is 0.517. The van der Waals surface area contributed by atoms with Crippen LogP contribution in [0.1, 0.15) is 35.6 Å². The molecule has 5 nitrogen and oxygen atoms in total. The van der Waals surface area contributed by atoms with E-state index < -0.39 is 5.97 Å². The van der Waals surface area contributed by atoms with Crippen molar-refractivity contribution in [2.75, 3.05) is 6.61 Å². The number of esters is 1. The number of aryl methyl sites for hydroxylation is 3. The van der Waals surface area contributed by atoms with E-state index >= 15 is 0 Å². The van der Waals surface area contributed by atoms with E-state index in [9.17, 15) is 9.59 Å². The summed E-state index contributed by atoms with van der Waals surface area (Å²) in [6.45, 7) is 8.51. The van der Waals surface area contributed by atoms with Gasteiger partial charge in [-0.15, -0.1) is 0 Å². The van der Waals surface area contributed by atoms with Gasteiger partial charge in [-0.25, -0.2) is 4.79 Å². The Morgan fingerprint density at radius 2 is 1.77 bits per heavy atom. The first kappa shape index (κ1) is 17.9. The van der Waals surface area contributed by atoms with Gasteiger partial charge in [-0.1, -0.05) is 6.07 Å². The number of carbonyl (C=O) groups is 1. The number of hydrogen-bond acceptors (Lipinski definition) is 4. The van der Waals surface area contributed by atoms with Crippen LogP contribution in [0.4, 0.5) is 0 Å². The fraction of sp³-hybridized carbons (Fsp3) is 0.286. The Hall–Kier alpha value is -2.95. The van der Waals surface area contributed by atoms with Gasteiger partial charge in [0.1, 0.15) is 5.56 Å². The number of rotatable bonds is 4. The lowest BCUT2D eigenvalue weighted by molar-refractivity contribution is 0.0524. The highest BCUT2D eigenvalue weighted by Crippen LogP contribution is 2.25. The Morgan fingerprint density at radius 1 is 1.08 bits per heavy atom. The van der Waals surface area contributed by atoms with Crippen molar-refractivity contribution in [1.82, 2.24) is 9.55 Å². The van der Waals surface area contributed by atoms with Crippen LogP contribution in [0.3, 0.4) is 0 Å². The van der Waals surface area contributed by atoms with Crippen molar-refractivity contribution in [3.8, 4) is 11.1 Å². The molecule has 0 amide bonds. The quantitative estimate of drug-likeness (QED) is 0.670. The number of aromatic nitrogens is 2. The average Bonchev–Trinajstić information content (AvgIpc) is 2.61. The molecular weight excluding hydrogens is 328 g/mol. The number of ether oxygens (including phenoxy) is 1. The highest BCUT2D eigenvalue weighted by molar-refractivity contribution is 5.94. The van der Waals surface area contributed by atoms with Crippen LogP contribution in [0.25, 0.3) is 22.0 Å². The van der Waals surface area contributed by atoms with Crippen molar-refractivity contribution < 1.29 is 9.53 Å². The predicted octanol–water partition coefficient (Wildman–Crippen LogP) is 3.88.